The van der Waals surface area contributed by atoms with Crippen LogP contribution in [-0.4, -0.2) is 34.8 Å². The van der Waals surface area contributed by atoms with Crippen LogP contribution >= 0.6 is 11.3 Å². The lowest BCUT2D eigenvalue weighted by Gasteiger charge is -2.31. The number of benzene rings is 3. The highest BCUT2D eigenvalue weighted by atomic mass is 32.1. The Kier molecular flexibility index (Phi) is 7.76. The van der Waals surface area contributed by atoms with Gasteiger partial charge in [-0.25, -0.2) is 4.98 Å². The number of aromatic nitrogens is 1. The molecule has 1 N–H and O–H groups in total. The molecule has 37 heavy (non-hydrogen) atoms. The summed E-state index contributed by atoms with van der Waals surface area (Å²) in [7, 11) is 0. The highest BCUT2D eigenvalue weighted by molar-refractivity contribution is 7.10. The van der Waals surface area contributed by atoms with Gasteiger partial charge in [-0.2, -0.15) is 0 Å². The number of rotatable bonds is 7. The van der Waals surface area contributed by atoms with E-state index in [1.165, 1.54) is 16.9 Å². The van der Waals surface area contributed by atoms with E-state index in [4.69, 9.17) is 4.98 Å². The van der Waals surface area contributed by atoms with Crippen molar-refractivity contribution in [2.75, 3.05) is 18.4 Å². The number of thiazole rings is 1. The maximum atomic E-state index is 13.1. The summed E-state index contributed by atoms with van der Waals surface area (Å²) in [5.41, 5.74) is 5.61. The van der Waals surface area contributed by atoms with E-state index in [0.717, 1.165) is 59.7 Å². The molecule has 0 radical (unpaired) electrons. The number of anilines is 1. The first-order valence-corrected chi connectivity index (χ1v) is 13.7. The summed E-state index contributed by atoms with van der Waals surface area (Å²) < 4.78 is 0. The van der Waals surface area contributed by atoms with Gasteiger partial charge in [-0.3, -0.25) is 9.59 Å². The van der Waals surface area contributed by atoms with Crippen LogP contribution in [0.15, 0.2) is 84.2 Å². The number of nitrogens with one attached hydrogen (secondary N) is 1. The number of amides is 2. The topological polar surface area (TPSA) is 62.3 Å². The zero-order chi connectivity index (χ0) is 25.6. The Morgan fingerprint density at radius 3 is 2.41 bits per heavy atom. The van der Waals surface area contributed by atoms with Crippen LogP contribution < -0.4 is 5.32 Å². The first-order chi connectivity index (χ1) is 18.1. The number of carbonyl (C=O) groups is 2. The van der Waals surface area contributed by atoms with Crippen molar-refractivity contribution >= 4 is 28.8 Å². The molecule has 0 unspecified atom stereocenters. The quantitative estimate of drug-likeness (QED) is 0.301. The number of carbonyl (C=O) groups excluding carboxylic acids is 2. The molecule has 2 amide bonds. The molecule has 4 aromatic rings. The third-order valence-electron chi connectivity index (χ3n) is 6.93. The van der Waals surface area contributed by atoms with Crippen molar-refractivity contribution in [2.24, 2.45) is 0 Å². The van der Waals surface area contributed by atoms with Crippen LogP contribution in [0.25, 0.3) is 11.1 Å². The number of nitrogens with zero attached hydrogens (tertiary/aromatic N) is 2. The van der Waals surface area contributed by atoms with Gasteiger partial charge in [0.2, 0.25) is 5.91 Å². The lowest BCUT2D eigenvalue weighted by Crippen LogP contribution is -2.38. The third-order valence-corrected chi connectivity index (χ3v) is 7.94. The zero-order valence-corrected chi connectivity index (χ0v) is 21.8. The van der Waals surface area contributed by atoms with E-state index in [9.17, 15) is 9.59 Å². The average molecular weight is 510 g/mol. The minimum Gasteiger partial charge on any atom is -0.343 e. The SMILES string of the molecule is Cc1ccc(NC(=O)c2csc(C3CCN(C(=O)CCc4ccccc4)CC3)n2)c(-c2ccccc2)c1. The number of piperidine rings is 1. The molecule has 5 rings (SSSR count). The molecule has 1 aliphatic rings. The van der Waals surface area contributed by atoms with Crippen molar-refractivity contribution in [3.63, 3.8) is 0 Å². The largest absolute Gasteiger partial charge is 0.343 e. The molecule has 0 spiro atoms. The molecule has 1 aromatic heterocycles. The number of hydrogen-bond donors (Lipinski definition) is 1. The Balaban J connectivity index is 1.18. The van der Waals surface area contributed by atoms with Gasteiger partial charge in [0, 0.05) is 42.1 Å². The summed E-state index contributed by atoms with van der Waals surface area (Å²) in [5.74, 6) is 0.301. The van der Waals surface area contributed by atoms with Crippen LogP contribution in [0.4, 0.5) is 5.69 Å². The fourth-order valence-electron chi connectivity index (χ4n) is 4.82. The van der Waals surface area contributed by atoms with Crippen LogP contribution in [0.2, 0.25) is 0 Å². The molecule has 0 saturated carbocycles. The normalized spacial score (nSPS) is 13.9. The second-order valence-electron chi connectivity index (χ2n) is 9.58. The number of hydrogen-bond acceptors (Lipinski definition) is 4. The van der Waals surface area contributed by atoms with Crippen molar-refractivity contribution in [3.8, 4) is 11.1 Å². The second kappa shape index (κ2) is 11.5. The highest BCUT2D eigenvalue weighted by Crippen LogP contribution is 2.32. The Morgan fingerprint density at radius 1 is 0.973 bits per heavy atom. The first-order valence-electron chi connectivity index (χ1n) is 12.8. The summed E-state index contributed by atoms with van der Waals surface area (Å²) in [4.78, 5) is 32.5. The van der Waals surface area contributed by atoms with E-state index in [-0.39, 0.29) is 17.7 Å². The molecule has 6 heteroatoms. The molecule has 5 nitrogen and oxygen atoms in total. The average Bonchev–Trinajstić information content (AvgIpc) is 3.44. The van der Waals surface area contributed by atoms with Crippen molar-refractivity contribution in [1.29, 1.82) is 0 Å². The fourth-order valence-corrected chi connectivity index (χ4v) is 5.79. The molecule has 1 saturated heterocycles. The molecule has 1 aliphatic heterocycles. The Labute approximate surface area is 222 Å². The molecule has 3 aromatic carbocycles. The van der Waals surface area contributed by atoms with Crippen molar-refractivity contribution < 1.29 is 9.59 Å². The van der Waals surface area contributed by atoms with Crippen molar-refractivity contribution in [1.82, 2.24) is 9.88 Å². The molecule has 0 bridgehead atoms. The van der Waals surface area contributed by atoms with Gasteiger partial charge in [0.05, 0.1) is 5.01 Å². The van der Waals surface area contributed by atoms with E-state index in [0.29, 0.717) is 12.1 Å². The molecule has 2 heterocycles. The van der Waals surface area contributed by atoms with Crippen LogP contribution in [0.1, 0.15) is 51.8 Å². The first kappa shape index (κ1) is 24.9. The van der Waals surface area contributed by atoms with Gasteiger partial charge >= 0.3 is 0 Å². The Bertz CT molecular complexity index is 1360. The standard InChI is InChI=1S/C31H31N3O2S/c1-22-12-14-27(26(20-22)24-10-6-3-7-11-24)32-30(36)28-21-37-31(33-28)25-16-18-34(19-17-25)29(35)15-13-23-8-4-2-5-9-23/h2-12,14,20-21,25H,13,15-19H2,1H3,(H,32,36). The summed E-state index contributed by atoms with van der Waals surface area (Å²) >= 11 is 1.54. The minimum absolute atomic E-state index is 0.197. The molecule has 0 atom stereocenters. The second-order valence-corrected chi connectivity index (χ2v) is 10.5. The Morgan fingerprint density at radius 2 is 1.68 bits per heavy atom. The zero-order valence-electron chi connectivity index (χ0n) is 21.0. The summed E-state index contributed by atoms with van der Waals surface area (Å²) in [6.07, 6.45) is 3.07. The van der Waals surface area contributed by atoms with E-state index in [1.54, 1.807) is 0 Å². The maximum absolute atomic E-state index is 13.1. The molecule has 188 valence electrons. The lowest BCUT2D eigenvalue weighted by molar-refractivity contribution is -0.132. The number of likely N-dealkylation sites (tertiary alicyclic amines) is 1. The Hall–Kier alpha value is -3.77. The maximum Gasteiger partial charge on any atom is 0.275 e. The van der Waals surface area contributed by atoms with Gasteiger partial charge in [-0.05, 0) is 49.4 Å². The van der Waals surface area contributed by atoms with Gasteiger partial charge < -0.3 is 10.2 Å². The predicted molar refractivity (Wildman–Crippen MR) is 150 cm³/mol. The van der Waals surface area contributed by atoms with Crippen LogP contribution in [0.5, 0.6) is 0 Å². The van der Waals surface area contributed by atoms with Crippen LogP contribution in [0.3, 0.4) is 0 Å². The van der Waals surface area contributed by atoms with Crippen LogP contribution in [0, 0.1) is 6.92 Å². The molecule has 1 fully saturated rings. The van der Waals surface area contributed by atoms with E-state index < -0.39 is 0 Å². The van der Waals surface area contributed by atoms with E-state index >= 15 is 0 Å². The minimum atomic E-state index is -0.197. The van der Waals surface area contributed by atoms with Crippen LogP contribution in [-0.2, 0) is 11.2 Å². The van der Waals surface area contributed by atoms with Gasteiger partial charge in [0.25, 0.3) is 5.91 Å². The summed E-state index contributed by atoms with van der Waals surface area (Å²) in [6, 6.07) is 26.3. The van der Waals surface area contributed by atoms with E-state index in [1.807, 2.05) is 77.9 Å². The van der Waals surface area contributed by atoms with Gasteiger partial charge in [-0.15, -0.1) is 11.3 Å². The molecule has 0 aliphatic carbocycles. The van der Waals surface area contributed by atoms with Crippen molar-refractivity contribution in [3.05, 3.63) is 106 Å². The summed E-state index contributed by atoms with van der Waals surface area (Å²) in [5, 5.41) is 5.90. The summed E-state index contributed by atoms with van der Waals surface area (Å²) in [6.45, 7) is 3.53. The fraction of sp³-hybridized carbons (Fsp3) is 0.258. The van der Waals surface area contributed by atoms with E-state index in [2.05, 4.69) is 23.5 Å². The smallest absolute Gasteiger partial charge is 0.275 e. The third kappa shape index (κ3) is 6.15. The highest BCUT2D eigenvalue weighted by Gasteiger charge is 2.26. The van der Waals surface area contributed by atoms with Gasteiger partial charge in [0.15, 0.2) is 0 Å². The monoisotopic (exact) mass is 509 g/mol. The van der Waals surface area contributed by atoms with Gasteiger partial charge in [0.1, 0.15) is 5.69 Å². The lowest BCUT2D eigenvalue weighted by atomic mass is 9.97. The van der Waals surface area contributed by atoms with Crippen molar-refractivity contribution in [2.45, 2.75) is 38.5 Å². The predicted octanol–water partition coefficient (Wildman–Crippen LogP) is 6.71. The van der Waals surface area contributed by atoms with Gasteiger partial charge in [-0.1, -0.05) is 72.3 Å². The molecular formula is C31H31N3O2S. The number of aryl methyl sites for hydroxylation is 2. The molecular weight excluding hydrogens is 478 g/mol.